The van der Waals surface area contributed by atoms with Crippen molar-refractivity contribution in [1.29, 1.82) is 0 Å². The first-order chi connectivity index (χ1) is 7.74. The lowest BCUT2D eigenvalue weighted by atomic mass is 10.3. The number of nitrogens with zero attached hydrogens (tertiary/aromatic N) is 1. The molecule has 0 amide bonds. The summed E-state index contributed by atoms with van der Waals surface area (Å²) < 4.78 is 25.6. The average molecular weight is 266 g/mol. The highest BCUT2D eigenvalue weighted by Crippen LogP contribution is 2.01. The Kier molecular flexibility index (Phi) is 6.66. The van der Waals surface area contributed by atoms with E-state index in [1.165, 1.54) is 0 Å². The molecule has 0 aliphatic heterocycles. The molecule has 2 atom stereocenters. The number of carboxylic acid groups (broad SMARTS) is 1. The maximum atomic E-state index is 11.6. The van der Waals surface area contributed by atoms with Crippen LogP contribution >= 0.6 is 0 Å². The number of carboxylic acids is 1. The van der Waals surface area contributed by atoms with Gasteiger partial charge in [0.2, 0.25) is 10.0 Å². The Balaban J connectivity index is 4.47. The van der Waals surface area contributed by atoms with Crippen LogP contribution in [0.1, 0.15) is 27.7 Å². The van der Waals surface area contributed by atoms with Gasteiger partial charge in [-0.2, -0.15) is 0 Å². The molecule has 102 valence electrons. The summed E-state index contributed by atoms with van der Waals surface area (Å²) >= 11 is 0. The fraction of sp³-hybridized carbons (Fsp3) is 0.900. The molecule has 0 aromatic carbocycles. The molecule has 0 saturated carbocycles. The second-order valence-corrected chi connectivity index (χ2v) is 6.06. The van der Waals surface area contributed by atoms with Crippen LogP contribution in [0.15, 0.2) is 0 Å². The van der Waals surface area contributed by atoms with Gasteiger partial charge in [-0.15, -0.1) is 0 Å². The fourth-order valence-electron chi connectivity index (χ4n) is 1.42. The number of sulfonamides is 1. The number of hydrogen-bond donors (Lipinski definition) is 2. The number of likely N-dealkylation sites (N-methyl/N-ethyl adjacent to an activating group) is 1. The van der Waals surface area contributed by atoms with Gasteiger partial charge in [-0.3, -0.25) is 4.79 Å². The quantitative estimate of drug-likeness (QED) is 0.651. The molecule has 0 radical (unpaired) electrons. The Morgan fingerprint density at radius 1 is 1.29 bits per heavy atom. The van der Waals surface area contributed by atoms with E-state index in [0.29, 0.717) is 6.54 Å². The minimum Gasteiger partial charge on any atom is -0.480 e. The molecular weight excluding hydrogens is 244 g/mol. The van der Waals surface area contributed by atoms with Crippen molar-refractivity contribution in [3.63, 3.8) is 0 Å². The Labute approximate surface area is 103 Å². The molecule has 0 aromatic rings. The third-order valence-corrected chi connectivity index (χ3v) is 4.47. The summed E-state index contributed by atoms with van der Waals surface area (Å²) in [7, 11) is -3.80. The van der Waals surface area contributed by atoms with E-state index in [2.05, 4.69) is 9.62 Å². The van der Waals surface area contributed by atoms with E-state index in [1.54, 1.807) is 6.92 Å². The van der Waals surface area contributed by atoms with Crippen LogP contribution < -0.4 is 4.72 Å². The highest BCUT2D eigenvalue weighted by atomic mass is 32.2. The smallest absolute Gasteiger partial charge is 0.323 e. The molecule has 2 unspecified atom stereocenters. The molecule has 0 saturated heterocycles. The van der Waals surface area contributed by atoms with Gasteiger partial charge in [0, 0.05) is 12.6 Å². The summed E-state index contributed by atoms with van der Waals surface area (Å²) in [4.78, 5) is 12.7. The molecule has 0 bridgehead atoms. The molecule has 0 heterocycles. The van der Waals surface area contributed by atoms with Crippen LogP contribution in [0.5, 0.6) is 0 Å². The van der Waals surface area contributed by atoms with Crippen LogP contribution in [0.4, 0.5) is 0 Å². The molecule has 17 heavy (non-hydrogen) atoms. The van der Waals surface area contributed by atoms with Gasteiger partial charge >= 0.3 is 5.97 Å². The van der Waals surface area contributed by atoms with Crippen molar-refractivity contribution in [1.82, 2.24) is 9.62 Å². The summed E-state index contributed by atoms with van der Waals surface area (Å²) in [6, 6.07) is -0.304. The number of carbonyl (C=O) groups is 1. The fourth-order valence-corrected chi connectivity index (χ4v) is 2.53. The normalized spacial score (nSPS) is 15.8. The van der Waals surface area contributed by atoms with Gasteiger partial charge in [-0.05, 0) is 26.9 Å². The van der Waals surface area contributed by atoms with Crippen molar-refractivity contribution < 1.29 is 18.3 Å². The first-order valence-corrected chi connectivity index (χ1v) is 7.25. The predicted molar refractivity (Wildman–Crippen MR) is 66.4 cm³/mol. The van der Waals surface area contributed by atoms with Crippen molar-refractivity contribution in [2.75, 3.05) is 19.6 Å². The minimum absolute atomic E-state index is 0.304. The largest absolute Gasteiger partial charge is 0.480 e. The van der Waals surface area contributed by atoms with E-state index in [4.69, 9.17) is 5.11 Å². The SMILES string of the molecule is CCN(CC)CC(C)NS(=O)(=O)C(C)C(=O)O. The molecule has 0 spiro atoms. The van der Waals surface area contributed by atoms with Crippen molar-refractivity contribution in [3.05, 3.63) is 0 Å². The van der Waals surface area contributed by atoms with Crippen molar-refractivity contribution >= 4 is 16.0 Å². The van der Waals surface area contributed by atoms with Gasteiger partial charge in [-0.25, -0.2) is 13.1 Å². The van der Waals surface area contributed by atoms with Crippen LogP contribution in [0.2, 0.25) is 0 Å². The van der Waals surface area contributed by atoms with Crippen LogP contribution in [0.3, 0.4) is 0 Å². The lowest BCUT2D eigenvalue weighted by Crippen LogP contribution is -2.46. The summed E-state index contributed by atoms with van der Waals surface area (Å²) in [5.74, 6) is -1.34. The minimum atomic E-state index is -3.80. The molecule has 0 aliphatic rings. The van der Waals surface area contributed by atoms with Gasteiger partial charge in [-0.1, -0.05) is 13.8 Å². The second kappa shape index (κ2) is 6.93. The summed E-state index contributed by atoms with van der Waals surface area (Å²) in [5, 5.41) is 7.25. The molecular formula is C10H22N2O4S. The summed E-state index contributed by atoms with van der Waals surface area (Å²) in [6.07, 6.45) is 0. The van der Waals surface area contributed by atoms with Crippen LogP contribution in [-0.4, -0.2) is 55.3 Å². The topological polar surface area (TPSA) is 86.7 Å². The van der Waals surface area contributed by atoms with E-state index < -0.39 is 21.2 Å². The highest BCUT2D eigenvalue weighted by Gasteiger charge is 2.28. The Morgan fingerprint density at radius 2 is 1.76 bits per heavy atom. The Bertz CT molecular complexity index is 338. The van der Waals surface area contributed by atoms with E-state index in [9.17, 15) is 13.2 Å². The van der Waals surface area contributed by atoms with Gasteiger partial charge in [0.15, 0.2) is 5.25 Å². The van der Waals surface area contributed by atoms with E-state index in [-0.39, 0.29) is 6.04 Å². The molecule has 0 fully saturated rings. The monoisotopic (exact) mass is 266 g/mol. The first-order valence-electron chi connectivity index (χ1n) is 5.70. The van der Waals surface area contributed by atoms with Crippen molar-refractivity contribution in [2.45, 2.75) is 39.0 Å². The van der Waals surface area contributed by atoms with Crippen molar-refractivity contribution in [2.24, 2.45) is 0 Å². The first kappa shape index (κ1) is 16.3. The lowest BCUT2D eigenvalue weighted by molar-refractivity contribution is -0.136. The van der Waals surface area contributed by atoms with Crippen molar-refractivity contribution in [3.8, 4) is 0 Å². The van der Waals surface area contributed by atoms with Crippen LogP contribution in [-0.2, 0) is 14.8 Å². The van der Waals surface area contributed by atoms with Gasteiger partial charge in [0.1, 0.15) is 0 Å². The van der Waals surface area contributed by atoms with Crippen LogP contribution in [0.25, 0.3) is 0 Å². The summed E-state index contributed by atoms with van der Waals surface area (Å²) in [5.41, 5.74) is 0. The van der Waals surface area contributed by atoms with Gasteiger partial charge in [0.25, 0.3) is 0 Å². The van der Waals surface area contributed by atoms with E-state index in [0.717, 1.165) is 20.0 Å². The maximum absolute atomic E-state index is 11.6. The Hall–Kier alpha value is -0.660. The highest BCUT2D eigenvalue weighted by molar-refractivity contribution is 7.90. The zero-order valence-electron chi connectivity index (χ0n) is 10.8. The zero-order valence-corrected chi connectivity index (χ0v) is 11.6. The zero-order chi connectivity index (χ0) is 13.6. The number of rotatable bonds is 8. The summed E-state index contributed by atoms with van der Waals surface area (Å²) in [6.45, 7) is 9.10. The van der Waals surface area contributed by atoms with Crippen LogP contribution in [0, 0.1) is 0 Å². The predicted octanol–water partition coefficient (Wildman–Crippen LogP) is 0.109. The third kappa shape index (κ3) is 5.47. The lowest BCUT2D eigenvalue weighted by Gasteiger charge is -2.23. The number of nitrogens with one attached hydrogen (secondary N) is 1. The standard InChI is InChI=1S/C10H22N2O4S/c1-5-12(6-2)7-8(3)11-17(15,16)9(4)10(13)14/h8-9,11H,5-7H2,1-4H3,(H,13,14). The molecule has 2 N–H and O–H groups in total. The molecule has 0 aromatic heterocycles. The molecule has 0 rings (SSSR count). The molecule has 6 nitrogen and oxygen atoms in total. The third-order valence-electron chi connectivity index (χ3n) is 2.61. The van der Waals surface area contributed by atoms with Gasteiger partial charge in [0.05, 0.1) is 0 Å². The number of hydrogen-bond acceptors (Lipinski definition) is 4. The van der Waals surface area contributed by atoms with E-state index >= 15 is 0 Å². The van der Waals surface area contributed by atoms with E-state index in [1.807, 2.05) is 13.8 Å². The number of aliphatic carboxylic acids is 1. The maximum Gasteiger partial charge on any atom is 0.323 e. The second-order valence-electron chi connectivity index (χ2n) is 4.03. The molecule has 0 aliphatic carbocycles. The molecule has 7 heteroatoms. The van der Waals surface area contributed by atoms with Gasteiger partial charge < -0.3 is 10.0 Å². The average Bonchev–Trinajstić information content (AvgIpc) is 2.23. The Morgan fingerprint density at radius 3 is 2.12 bits per heavy atom.